The van der Waals surface area contributed by atoms with Crippen molar-refractivity contribution in [3.8, 4) is 0 Å². The molecule has 0 aliphatic carbocycles. The number of amides is 2. The molecular formula is C13H24N2O3. The van der Waals surface area contributed by atoms with Crippen molar-refractivity contribution < 1.29 is 14.7 Å². The molecule has 2 atom stereocenters. The number of carbonyl (C=O) groups excluding carboxylic acids is 1. The summed E-state index contributed by atoms with van der Waals surface area (Å²) in [5.41, 5.74) is 0. The number of aliphatic carboxylic acids is 1. The third-order valence-corrected chi connectivity index (χ3v) is 3.50. The zero-order valence-electron chi connectivity index (χ0n) is 11.3. The van der Waals surface area contributed by atoms with E-state index in [4.69, 9.17) is 0 Å². The molecule has 104 valence electrons. The van der Waals surface area contributed by atoms with Gasteiger partial charge in [0.1, 0.15) is 6.04 Å². The fourth-order valence-corrected chi connectivity index (χ4v) is 2.46. The second-order valence-electron chi connectivity index (χ2n) is 5.04. The van der Waals surface area contributed by atoms with Gasteiger partial charge >= 0.3 is 12.0 Å². The van der Waals surface area contributed by atoms with Crippen molar-refractivity contribution in [2.24, 2.45) is 5.92 Å². The molecule has 1 rings (SSSR count). The number of hydrogen-bond donors (Lipinski definition) is 2. The number of piperidine rings is 1. The van der Waals surface area contributed by atoms with Gasteiger partial charge in [-0.15, -0.1) is 0 Å². The minimum absolute atomic E-state index is 0.0256. The molecule has 1 heterocycles. The Kier molecular flexibility index (Phi) is 5.95. The van der Waals surface area contributed by atoms with Gasteiger partial charge in [-0.2, -0.15) is 0 Å². The summed E-state index contributed by atoms with van der Waals surface area (Å²) in [5, 5.41) is 12.0. The molecule has 0 saturated carbocycles. The number of urea groups is 1. The molecule has 0 aromatic heterocycles. The van der Waals surface area contributed by atoms with E-state index in [2.05, 4.69) is 12.2 Å². The lowest BCUT2D eigenvalue weighted by Crippen LogP contribution is -2.55. The number of hydrogen-bond acceptors (Lipinski definition) is 2. The first-order valence-electron chi connectivity index (χ1n) is 6.85. The quantitative estimate of drug-likeness (QED) is 0.740. The maximum absolute atomic E-state index is 12.0. The first-order chi connectivity index (χ1) is 8.57. The molecule has 1 saturated heterocycles. The number of likely N-dealkylation sites (tertiary alicyclic amines) is 1. The predicted octanol–water partition coefficient (Wildman–Crippen LogP) is 2.07. The van der Waals surface area contributed by atoms with Crippen LogP contribution in [0.25, 0.3) is 0 Å². The van der Waals surface area contributed by atoms with Gasteiger partial charge in [-0.1, -0.05) is 26.7 Å². The first kappa shape index (κ1) is 14.8. The van der Waals surface area contributed by atoms with Crippen LogP contribution in [0.5, 0.6) is 0 Å². The van der Waals surface area contributed by atoms with Crippen molar-refractivity contribution in [2.75, 3.05) is 13.1 Å². The van der Waals surface area contributed by atoms with Gasteiger partial charge in [-0.3, -0.25) is 0 Å². The second-order valence-corrected chi connectivity index (χ2v) is 5.04. The fraction of sp³-hybridized carbons (Fsp3) is 0.846. The Balaban J connectivity index is 2.50. The summed E-state index contributed by atoms with van der Waals surface area (Å²) in [5.74, 6) is -0.872. The molecule has 5 heteroatoms. The SMILES string of the molecule is CCCCCNC(=O)N1CCCC(C)C1C(=O)O. The third-order valence-electron chi connectivity index (χ3n) is 3.50. The lowest BCUT2D eigenvalue weighted by molar-refractivity contribution is -0.145. The van der Waals surface area contributed by atoms with E-state index >= 15 is 0 Å². The number of carboxylic acid groups (broad SMARTS) is 1. The third kappa shape index (κ3) is 3.89. The average molecular weight is 256 g/mol. The molecule has 2 amide bonds. The summed E-state index contributed by atoms with van der Waals surface area (Å²) in [6.07, 6.45) is 4.89. The Hall–Kier alpha value is -1.26. The maximum atomic E-state index is 12.0. The molecule has 5 nitrogen and oxygen atoms in total. The summed E-state index contributed by atoms with van der Waals surface area (Å²) in [7, 11) is 0. The van der Waals surface area contributed by atoms with Crippen LogP contribution >= 0.6 is 0 Å². The van der Waals surface area contributed by atoms with E-state index in [9.17, 15) is 14.7 Å². The van der Waals surface area contributed by atoms with Crippen molar-refractivity contribution in [3.63, 3.8) is 0 Å². The van der Waals surface area contributed by atoms with E-state index < -0.39 is 12.0 Å². The van der Waals surface area contributed by atoms with Gasteiger partial charge in [0.25, 0.3) is 0 Å². The number of nitrogens with one attached hydrogen (secondary N) is 1. The van der Waals surface area contributed by atoms with Crippen molar-refractivity contribution in [1.82, 2.24) is 10.2 Å². The van der Waals surface area contributed by atoms with Crippen LogP contribution in [-0.2, 0) is 4.79 Å². The minimum Gasteiger partial charge on any atom is -0.480 e. The molecule has 1 fully saturated rings. The van der Waals surface area contributed by atoms with Gasteiger partial charge in [0.2, 0.25) is 0 Å². The zero-order chi connectivity index (χ0) is 13.5. The highest BCUT2D eigenvalue weighted by atomic mass is 16.4. The van der Waals surface area contributed by atoms with Crippen LogP contribution in [0.1, 0.15) is 46.0 Å². The Morgan fingerprint density at radius 3 is 2.72 bits per heavy atom. The van der Waals surface area contributed by atoms with Crippen LogP contribution in [-0.4, -0.2) is 41.1 Å². The molecule has 2 unspecified atom stereocenters. The average Bonchev–Trinajstić information content (AvgIpc) is 2.33. The Morgan fingerprint density at radius 2 is 2.11 bits per heavy atom. The van der Waals surface area contributed by atoms with Gasteiger partial charge in [0.15, 0.2) is 0 Å². The highest BCUT2D eigenvalue weighted by Crippen LogP contribution is 2.23. The van der Waals surface area contributed by atoms with Crippen molar-refractivity contribution in [3.05, 3.63) is 0 Å². The molecule has 2 N–H and O–H groups in total. The standard InChI is InChI=1S/C13H24N2O3/c1-3-4-5-8-14-13(18)15-9-6-7-10(2)11(15)12(16)17/h10-11H,3-9H2,1-2H3,(H,14,18)(H,16,17). The highest BCUT2D eigenvalue weighted by Gasteiger charge is 2.36. The van der Waals surface area contributed by atoms with Crippen LogP contribution in [0.4, 0.5) is 4.79 Å². The number of carboxylic acids is 1. The monoisotopic (exact) mass is 256 g/mol. The van der Waals surface area contributed by atoms with Crippen LogP contribution < -0.4 is 5.32 Å². The van der Waals surface area contributed by atoms with Gasteiger partial charge < -0.3 is 15.3 Å². The van der Waals surface area contributed by atoms with Crippen LogP contribution in [0.2, 0.25) is 0 Å². The molecule has 1 aliphatic rings. The number of rotatable bonds is 5. The molecular weight excluding hydrogens is 232 g/mol. The van der Waals surface area contributed by atoms with E-state index in [1.54, 1.807) is 0 Å². The highest BCUT2D eigenvalue weighted by molar-refractivity contribution is 5.83. The van der Waals surface area contributed by atoms with Gasteiger partial charge in [0.05, 0.1) is 0 Å². The summed E-state index contributed by atoms with van der Waals surface area (Å²) >= 11 is 0. The van der Waals surface area contributed by atoms with Crippen molar-refractivity contribution in [1.29, 1.82) is 0 Å². The van der Waals surface area contributed by atoms with Crippen LogP contribution in [0.15, 0.2) is 0 Å². The summed E-state index contributed by atoms with van der Waals surface area (Å²) in [6.45, 7) is 5.18. The summed E-state index contributed by atoms with van der Waals surface area (Å²) in [6, 6.07) is -0.907. The molecule has 0 bridgehead atoms. The second kappa shape index (κ2) is 7.24. The normalized spacial score (nSPS) is 23.8. The van der Waals surface area contributed by atoms with E-state index in [-0.39, 0.29) is 11.9 Å². The minimum atomic E-state index is -0.897. The van der Waals surface area contributed by atoms with Crippen molar-refractivity contribution >= 4 is 12.0 Å². The Morgan fingerprint density at radius 1 is 1.39 bits per heavy atom. The molecule has 0 aromatic rings. The summed E-state index contributed by atoms with van der Waals surface area (Å²) < 4.78 is 0. The number of carbonyl (C=O) groups is 2. The largest absolute Gasteiger partial charge is 0.480 e. The summed E-state index contributed by atoms with van der Waals surface area (Å²) in [4.78, 5) is 24.7. The lowest BCUT2D eigenvalue weighted by atomic mass is 9.91. The van der Waals surface area contributed by atoms with E-state index in [0.717, 1.165) is 32.1 Å². The molecule has 18 heavy (non-hydrogen) atoms. The topological polar surface area (TPSA) is 69.6 Å². The molecule has 0 spiro atoms. The maximum Gasteiger partial charge on any atom is 0.326 e. The lowest BCUT2D eigenvalue weighted by Gasteiger charge is -2.37. The van der Waals surface area contributed by atoms with E-state index in [0.29, 0.717) is 13.1 Å². The van der Waals surface area contributed by atoms with Crippen LogP contribution in [0, 0.1) is 5.92 Å². The molecule has 1 aliphatic heterocycles. The van der Waals surface area contributed by atoms with Crippen molar-refractivity contribution in [2.45, 2.75) is 52.0 Å². The van der Waals surface area contributed by atoms with Gasteiger partial charge in [0, 0.05) is 13.1 Å². The first-order valence-corrected chi connectivity index (χ1v) is 6.85. The van der Waals surface area contributed by atoms with Gasteiger partial charge in [-0.25, -0.2) is 9.59 Å². The zero-order valence-corrected chi connectivity index (χ0v) is 11.3. The predicted molar refractivity (Wildman–Crippen MR) is 69.5 cm³/mol. The van der Waals surface area contributed by atoms with E-state index in [1.165, 1.54) is 4.90 Å². The Bertz CT molecular complexity index is 294. The van der Waals surface area contributed by atoms with Gasteiger partial charge in [-0.05, 0) is 25.2 Å². The van der Waals surface area contributed by atoms with E-state index in [1.807, 2.05) is 6.92 Å². The van der Waals surface area contributed by atoms with Crippen LogP contribution in [0.3, 0.4) is 0 Å². The number of unbranched alkanes of at least 4 members (excludes halogenated alkanes) is 2. The smallest absolute Gasteiger partial charge is 0.326 e. The molecule has 0 aromatic carbocycles. The molecule has 0 radical (unpaired) electrons. The fourth-order valence-electron chi connectivity index (χ4n) is 2.46. The Labute approximate surface area is 109 Å². The number of nitrogens with zero attached hydrogens (tertiary/aromatic N) is 1.